The molecule has 2 heterocycles. The monoisotopic (exact) mass is 718 g/mol. The predicted molar refractivity (Wildman–Crippen MR) is 187 cm³/mol. The van der Waals surface area contributed by atoms with Crippen LogP contribution in [0.15, 0.2) is 42.6 Å². The minimum absolute atomic E-state index is 0.0197. The van der Waals surface area contributed by atoms with Crippen LogP contribution < -0.4 is 24.8 Å². The number of hydrogen-bond acceptors (Lipinski definition) is 12. The summed E-state index contributed by atoms with van der Waals surface area (Å²) < 4.78 is 43.4. The number of aromatic nitrogens is 2. The van der Waals surface area contributed by atoms with Crippen LogP contribution in [0.2, 0.25) is 5.02 Å². The van der Waals surface area contributed by atoms with Gasteiger partial charge in [0.1, 0.15) is 11.4 Å². The first kappa shape index (κ1) is 37.5. The molecule has 4 rings (SSSR count). The lowest BCUT2D eigenvalue weighted by atomic mass is 9.86. The Balaban J connectivity index is 1.45. The Morgan fingerprint density at radius 1 is 1.00 bits per heavy atom. The van der Waals surface area contributed by atoms with E-state index in [0.29, 0.717) is 31.9 Å². The molecule has 0 spiro atoms. The number of anilines is 3. The lowest BCUT2D eigenvalue weighted by Crippen LogP contribution is -2.41. The van der Waals surface area contributed by atoms with Crippen LogP contribution in [0.25, 0.3) is 0 Å². The van der Waals surface area contributed by atoms with Gasteiger partial charge in [-0.05, 0) is 74.9 Å². The first-order valence-corrected chi connectivity index (χ1v) is 17.8. The zero-order valence-corrected chi connectivity index (χ0v) is 30.4. The number of halogens is 1. The molecule has 1 saturated heterocycles. The van der Waals surface area contributed by atoms with Gasteiger partial charge < -0.3 is 29.7 Å². The molecule has 1 aliphatic heterocycles. The van der Waals surface area contributed by atoms with Gasteiger partial charge in [-0.1, -0.05) is 32.4 Å². The van der Waals surface area contributed by atoms with Crippen molar-refractivity contribution < 1.29 is 37.1 Å². The van der Waals surface area contributed by atoms with Crippen molar-refractivity contribution in [1.29, 1.82) is 0 Å². The highest BCUT2D eigenvalue weighted by atomic mass is 35.5. The maximum absolute atomic E-state index is 13.5. The van der Waals surface area contributed by atoms with Gasteiger partial charge >= 0.3 is 6.16 Å². The van der Waals surface area contributed by atoms with Gasteiger partial charge in [0.15, 0.2) is 5.75 Å². The van der Waals surface area contributed by atoms with Gasteiger partial charge in [-0.3, -0.25) is 9.52 Å². The largest absolute Gasteiger partial charge is 0.528 e. The number of hydroxylamine groups is 2. The normalized spacial score (nSPS) is 14.5. The maximum Gasteiger partial charge on any atom is 0.528 e. The van der Waals surface area contributed by atoms with E-state index in [2.05, 4.69) is 25.3 Å². The van der Waals surface area contributed by atoms with Crippen LogP contribution in [0.3, 0.4) is 0 Å². The topological polar surface area (TPSA) is 170 Å². The second-order valence-corrected chi connectivity index (χ2v) is 15.7. The Morgan fingerprint density at radius 2 is 1.67 bits per heavy atom. The molecule has 0 saturated carbocycles. The Morgan fingerprint density at radius 3 is 2.29 bits per heavy atom. The van der Waals surface area contributed by atoms with Crippen LogP contribution in [0.1, 0.15) is 70.3 Å². The SMILES string of the molecule is COc1c(NC(=O)c2ccc(Cl)c(Oc3ccnc(NC4CCN(OC(=O)OC(C)(C)C)CC4)n3)c2)cc(C(C)(C)C)cc1NS(C)(=O)=O. The van der Waals surface area contributed by atoms with Crippen LogP contribution in [-0.2, 0) is 25.0 Å². The van der Waals surface area contributed by atoms with Gasteiger partial charge in [0.25, 0.3) is 5.91 Å². The van der Waals surface area contributed by atoms with Gasteiger partial charge in [-0.25, -0.2) is 18.2 Å². The summed E-state index contributed by atoms with van der Waals surface area (Å²) in [5, 5.41) is 7.93. The van der Waals surface area contributed by atoms with E-state index in [1.54, 1.807) is 44.0 Å². The van der Waals surface area contributed by atoms with E-state index in [1.165, 1.54) is 31.5 Å². The molecular formula is C33H43ClN6O8S. The molecule has 16 heteroatoms. The number of ether oxygens (including phenoxy) is 3. The third-order valence-electron chi connectivity index (χ3n) is 7.12. The lowest BCUT2D eigenvalue weighted by Gasteiger charge is -2.31. The molecular weight excluding hydrogens is 676 g/mol. The smallest absolute Gasteiger partial charge is 0.492 e. The van der Waals surface area contributed by atoms with Gasteiger partial charge in [0.05, 0.1) is 29.8 Å². The summed E-state index contributed by atoms with van der Waals surface area (Å²) in [7, 11) is -2.26. The number of nitrogens with one attached hydrogen (secondary N) is 3. The van der Waals surface area contributed by atoms with E-state index in [0.717, 1.165) is 11.8 Å². The van der Waals surface area contributed by atoms with Gasteiger partial charge in [-0.15, -0.1) is 5.06 Å². The van der Waals surface area contributed by atoms with Gasteiger partial charge in [0.2, 0.25) is 21.9 Å². The number of methoxy groups -OCH3 is 1. The van der Waals surface area contributed by atoms with E-state index >= 15 is 0 Å². The number of carbonyl (C=O) groups excluding carboxylic acids is 2. The number of sulfonamides is 1. The number of amides is 1. The second-order valence-electron chi connectivity index (χ2n) is 13.6. The van der Waals surface area contributed by atoms with Crippen molar-refractivity contribution in [2.75, 3.05) is 41.8 Å². The molecule has 3 N–H and O–H groups in total. The van der Waals surface area contributed by atoms with E-state index in [1.807, 2.05) is 20.8 Å². The number of rotatable bonds is 10. The van der Waals surface area contributed by atoms with E-state index in [-0.39, 0.29) is 50.8 Å². The molecule has 1 aromatic heterocycles. The first-order chi connectivity index (χ1) is 22.8. The van der Waals surface area contributed by atoms with Crippen molar-refractivity contribution in [3.63, 3.8) is 0 Å². The summed E-state index contributed by atoms with van der Waals surface area (Å²) in [5.41, 5.74) is 0.436. The fraction of sp³-hybridized carbons (Fsp3) is 0.455. The summed E-state index contributed by atoms with van der Waals surface area (Å²) in [5.74, 6) is 0.348. The molecule has 14 nitrogen and oxygen atoms in total. The number of hydrogen-bond donors (Lipinski definition) is 3. The molecule has 1 aliphatic rings. The fourth-order valence-corrected chi connectivity index (χ4v) is 5.50. The van der Waals surface area contributed by atoms with E-state index < -0.39 is 27.7 Å². The molecule has 0 radical (unpaired) electrons. The average Bonchev–Trinajstić information content (AvgIpc) is 2.97. The summed E-state index contributed by atoms with van der Waals surface area (Å²) >= 11 is 6.44. The Kier molecular flexibility index (Phi) is 11.5. The van der Waals surface area contributed by atoms with Crippen LogP contribution >= 0.6 is 11.6 Å². The standard InChI is InChI=1S/C33H43ClN6O8S/c1-32(2,3)21-18-24(28(45-7)25(19-21)39-49(8,43)44)37-29(41)20-9-10-23(34)26(17-20)46-27-11-14-35-30(38-27)36-22-12-15-40(16-13-22)48-31(42)47-33(4,5)6/h9-11,14,17-19,22,39H,12-13,15-16H2,1-8H3,(H,37,41)(H,35,36,38). The number of benzene rings is 2. The Hall–Kier alpha value is -4.34. The molecule has 0 unspecified atom stereocenters. The van der Waals surface area contributed by atoms with Crippen LogP contribution in [0, 0.1) is 0 Å². The Bertz CT molecular complexity index is 1780. The second kappa shape index (κ2) is 15.0. The van der Waals surface area contributed by atoms with Crippen molar-refractivity contribution in [3.8, 4) is 17.4 Å². The highest BCUT2D eigenvalue weighted by Crippen LogP contribution is 2.39. The predicted octanol–water partition coefficient (Wildman–Crippen LogP) is 6.60. The average molecular weight is 719 g/mol. The summed E-state index contributed by atoms with van der Waals surface area (Å²) in [6, 6.07) is 9.54. The highest BCUT2D eigenvalue weighted by Gasteiger charge is 2.26. The van der Waals surface area contributed by atoms with Gasteiger partial charge in [0, 0.05) is 37.0 Å². The Labute approximate surface area is 291 Å². The minimum Gasteiger partial charge on any atom is -0.492 e. The third-order valence-corrected chi connectivity index (χ3v) is 8.02. The highest BCUT2D eigenvalue weighted by molar-refractivity contribution is 7.92. The maximum atomic E-state index is 13.5. The molecule has 49 heavy (non-hydrogen) atoms. The van der Waals surface area contributed by atoms with Crippen LogP contribution in [0.5, 0.6) is 17.4 Å². The molecule has 0 aliphatic carbocycles. The van der Waals surface area contributed by atoms with Crippen molar-refractivity contribution in [1.82, 2.24) is 15.0 Å². The molecule has 0 atom stereocenters. The number of piperidine rings is 1. The zero-order valence-electron chi connectivity index (χ0n) is 28.8. The fourth-order valence-electron chi connectivity index (χ4n) is 4.80. The quantitative estimate of drug-likeness (QED) is 0.192. The summed E-state index contributed by atoms with van der Waals surface area (Å²) in [6.07, 6.45) is 3.16. The zero-order chi connectivity index (χ0) is 36.1. The van der Waals surface area contributed by atoms with Crippen molar-refractivity contribution in [2.45, 2.75) is 71.4 Å². The molecule has 1 amide bonds. The van der Waals surface area contributed by atoms with E-state index in [9.17, 15) is 18.0 Å². The van der Waals surface area contributed by atoms with Crippen molar-refractivity contribution in [3.05, 3.63) is 58.7 Å². The minimum atomic E-state index is -3.64. The molecule has 3 aromatic rings. The van der Waals surface area contributed by atoms with Gasteiger partial charge in [-0.2, -0.15) is 4.98 Å². The molecule has 0 bridgehead atoms. The summed E-state index contributed by atoms with van der Waals surface area (Å²) in [4.78, 5) is 39.5. The van der Waals surface area contributed by atoms with E-state index in [4.69, 9.17) is 30.6 Å². The third kappa shape index (κ3) is 11.1. The number of nitrogens with zero attached hydrogens (tertiary/aromatic N) is 3. The van der Waals surface area contributed by atoms with Crippen LogP contribution in [-0.4, -0.2) is 73.6 Å². The molecule has 1 fully saturated rings. The molecule has 266 valence electrons. The lowest BCUT2D eigenvalue weighted by molar-refractivity contribution is -0.151. The number of carbonyl (C=O) groups is 2. The molecule has 2 aromatic carbocycles. The van der Waals surface area contributed by atoms with Crippen molar-refractivity contribution in [2.24, 2.45) is 0 Å². The van der Waals surface area contributed by atoms with Crippen LogP contribution in [0.4, 0.5) is 22.1 Å². The summed E-state index contributed by atoms with van der Waals surface area (Å²) in [6.45, 7) is 12.2. The van der Waals surface area contributed by atoms with Crippen molar-refractivity contribution >= 4 is 51.0 Å². The first-order valence-electron chi connectivity index (χ1n) is 15.5.